The highest BCUT2D eigenvalue weighted by atomic mass is 32.2. The Balaban J connectivity index is 3.09. The molecule has 0 aliphatic carbocycles. The number of nitrogens with zero attached hydrogens (tertiary/aromatic N) is 1. The number of hydrogen-bond acceptors (Lipinski definition) is 4. The Hall–Kier alpha value is -1.27. The van der Waals surface area contributed by atoms with Crippen LogP contribution in [0.25, 0.3) is 0 Å². The number of benzene rings is 1. The fraction of sp³-hybridized carbons (Fsp3) is 0.500. The summed E-state index contributed by atoms with van der Waals surface area (Å²) in [6.45, 7) is 6.04. The van der Waals surface area contributed by atoms with E-state index in [9.17, 15) is 8.42 Å². The van der Waals surface area contributed by atoms with Crippen molar-refractivity contribution in [2.45, 2.75) is 31.6 Å². The van der Waals surface area contributed by atoms with Crippen LogP contribution < -0.4 is 15.8 Å². The van der Waals surface area contributed by atoms with Gasteiger partial charge in [-0.3, -0.25) is 0 Å². The average molecular weight is 271 g/mol. The lowest BCUT2D eigenvalue weighted by Gasteiger charge is -2.24. The largest absolute Gasteiger partial charge is 0.398 e. The fourth-order valence-electron chi connectivity index (χ4n) is 1.90. The van der Waals surface area contributed by atoms with Crippen molar-refractivity contribution in [1.82, 2.24) is 0 Å². The summed E-state index contributed by atoms with van der Waals surface area (Å²) in [7, 11) is -3.74. The minimum Gasteiger partial charge on any atom is -0.398 e. The molecule has 0 spiro atoms. The first kappa shape index (κ1) is 14.8. The summed E-state index contributed by atoms with van der Waals surface area (Å²) in [5.41, 5.74) is 6.89. The molecule has 1 aromatic rings. The molecule has 0 aromatic heterocycles. The quantitative estimate of drug-likeness (QED) is 0.768. The van der Waals surface area contributed by atoms with E-state index in [0.29, 0.717) is 0 Å². The lowest BCUT2D eigenvalue weighted by Crippen LogP contribution is -2.25. The highest BCUT2D eigenvalue weighted by Crippen LogP contribution is 2.24. The van der Waals surface area contributed by atoms with E-state index in [4.69, 9.17) is 10.9 Å². The van der Waals surface area contributed by atoms with Crippen LogP contribution >= 0.6 is 0 Å². The number of nitrogen functional groups attached to an aromatic ring is 1. The lowest BCUT2D eigenvalue weighted by molar-refractivity contribution is 0.598. The van der Waals surface area contributed by atoms with Gasteiger partial charge in [-0.15, -0.1) is 0 Å². The Labute approximate surface area is 109 Å². The molecule has 0 unspecified atom stereocenters. The summed E-state index contributed by atoms with van der Waals surface area (Å²) in [5, 5.41) is 5.08. The minimum absolute atomic E-state index is 0.0146. The predicted octanol–water partition coefficient (Wildman–Crippen LogP) is 1.54. The van der Waals surface area contributed by atoms with E-state index in [1.807, 2.05) is 0 Å². The SMILES string of the molecule is CCCN(CCC)c1ccc(S(N)(=O)=O)c(N)c1. The van der Waals surface area contributed by atoms with Crippen molar-refractivity contribution in [1.29, 1.82) is 0 Å². The normalized spacial score (nSPS) is 11.5. The van der Waals surface area contributed by atoms with Crippen LogP contribution in [0.5, 0.6) is 0 Å². The number of nitrogens with two attached hydrogens (primary N) is 2. The summed E-state index contributed by atoms with van der Waals surface area (Å²) < 4.78 is 22.5. The Bertz CT molecular complexity index is 494. The summed E-state index contributed by atoms with van der Waals surface area (Å²) in [4.78, 5) is 2.17. The van der Waals surface area contributed by atoms with Gasteiger partial charge in [-0.1, -0.05) is 13.8 Å². The van der Waals surface area contributed by atoms with Crippen LogP contribution in [0, 0.1) is 0 Å². The Morgan fingerprint density at radius 1 is 1.17 bits per heavy atom. The molecule has 4 N–H and O–H groups in total. The zero-order valence-corrected chi connectivity index (χ0v) is 11.7. The average Bonchev–Trinajstić information content (AvgIpc) is 2.27. The Kier molecular flexibility index (Phi) is 4.98. The van der Waals surface area contributed by atoms with Crippen molar-refractivity contribution in [2.75, 3.05) is 23.7 Å². The summed E-state index contributed by atoms with van der Waals surface area (Å²) in [6.07, 6.45) is 2.05. The molecular formula is C12H21N3O2S. The highest BCUT2D eigenvalue weighted by Gasteiger charge is 2.14. The molecule has 5 nitrogen and oxygen atoms in total. The smallest absolute Gasteiger partial charge is 0.240 e. The first-order valence-corrected chi connectivity index (χ1v) is 7.62. The van der Waals surface area contributed by atoms with E-state index in [2.05, 4.69) is 18.7 Å². The first-order chi connectivity index (χ1) is 8.40. The maximum absolute atomic E-state index is 11.3. The molecule has 0 aliphatic rings. The van der Waals surface area contributed by atoms with Gasteiger partial charge in [0.2, 0.25) is 10.0 Å². The van der Waals surface area contributed by atoms with Gasteiger partial charge in [-0.25, -0.2) is 13.6 Å². The van der Waals surface area contributed by atoms with Gasteiger partial charge in [-0.2, -0.15) is 0 Å². The molecule has 0 heterocycles. The van der Waals surface area contributed by atoms with Crippen LogP contribution in [0.2, 0.25) is 0 Å². The molecule has 102 valence electrons. The molecule has 6 heteroatoms. The third-order valence-electron chi connectivity index (χ3n) is 2.65. The monoisotopic (exact) mass is 271 g/mol. The molecule has 0 fully saturated rings. The van der Waals surface area contributed by atoms with Crippen LogP contribution in [0.4, 0.5) is 11.4 Å². The van der Waals surface area contributed by atoms with E-state index in [1.54, 1.807) is 12.1 Å². The summed E-state index contributed by atoms with van der Waals surface area (Å²) >= 11 is 0. The van der Waals surface area contributed by atoms with Gasteiger partial charge in [0.15, 0.2) is 0 Å². The maximum Gasteiger partial charge on any atom is 0.240 e. The second-order valence-electron chi connectivity index (χ2n) is 4.25. The molecule has 1 aromatic carbocycles. The molecule has 0 radical (unpaired) electrons. The Morgan fingerprint density at radius 2 is 1.72 bits per heavy atom. The molecule has 18 heavy (non-hydrogen) atoms. The predicted molar refractivity (Wildman–Crippen MR) is 75.0 cm³/mol. The molecule has 0 amide bonds. The number of anilines is 2. The molecule has 0 saturated carbocycles. The van der Waals surface area contributed by atoms with Crippen LogP contribution in [0.1, 0.15) is 26.7 Å². The standard InChI is InChI=1S/C12H21N3O2S/c1-3-7-15(8-4-2)10-5-6-12(11(13)9-10)18(14,16)17/h5-6,9H,3-4,7-8,13H2,1-2H3,(H2,14,16,17). The van der Waals surface area contributed by atoms with E-state index in [1.165, 1.54) is 6.07 Å². The van der Waals surface area contributed by atoms with Crippen molar-refractivity contribution in [3.05, 3.63) is 18.2 Å². The number of hydrogen-bond donors (Lipinski definition) is 2. The van der Waals surface area contributed by atoms with Gasteiger partial charge in [-0.05, 0) is 31.0 Å². The third kappa shape index (κ3) is 3.61. The zero-order valence-electron chi connectivity index (χ0n) is 10.9. The van der Waals surface area contributed by atoms with E-state index < -0.39 is 10.0 Å². The molecule has 0 bridgehead atoms. The molecule has 0 aliphatic heterocycles. The lowest BCUT2D eigenvalue weighted by atomic mass is 10.2. The van der Waals surface area contributed by atoms with Gasteiger partial charge in [0.05, 0.1) is 5.69 Å². The minimum atomic E-state index is -3.74. The van der Waals surface area contributed by atoms with Crippen LogP contribution in [-0.4, -0.2) is 21.5 Å². The molecule has 0 atom stereocenters. The zero-order chi connectivity index (χ0) is 13.8. The topological polar surface area (TPSA) is 89.4 Å². The Morgan fingerprint density at radius 3 is 2.11 bits per heavy atom. The molecular weight excluding hydrogens is 250 g/mol. The van der Waals surface area contributed by atoms with Crippen molar-refractivity contribution in [3.8, 4) is 0 Å². The molecule has 0 saturated heterocycles. The second-order valence-corrected chi connectivity index (χ2v) is 5.78. The molecule has 1 rings (SSSR count). The van der Waals surface area contributed by atoms with Gasteiger partial charge >= 0.3 is 0 Å². The van der Waals surface area contributed by atoms with Crippen LogP contribution in [0.15, 0.2) is 23.1 Å². The fourth-order valence-corrected chi connectivity index (χ4v) is 2.55. The van der Waals surface area contributed by atoms with Crippen LogP contribution in [0.3, 0.4) is 0 Å². The van der Waals surface area contributed by atoms with Crippen molar-refractivity contribution in [3.63, 3.8) is 0 Å². The number of sulfonamides is 1. The van der Waals surface area contributed by atoms with E-state index in [0.717, 1.165) is 31.6 Å². The second kappa shape index (κ2) is 6.06. The van der Waals surface area contributed by atoms with Gasteiger partial charge in [0, 0.05) is 18.8 Å². The number of rotatable bonds is 6. The maximum atomic E-state index is 11.3. The van der Waals surface area contributed by atoms with Gasteiger partial charge in [0.25, 0.3) is 0 Å². The van der Waals surface area contributed by atoms with Gasteiger partial charge < -0.3 is 10.6 Å². The van der Waals surface area contributed by atoms with E-state index >= 15 is 0 Å². The first-order valence-electron chi connectivity index (χ1n) is 6.07. The van der Waals surface area contributed by atoms with E-state index in [-0.39, 0.29) is 10.6 Å². The van der Waals surface area contributed by atoms with Crippen molar-refractivity contribution >= 4 is 21.4 Å². The third-order valence-corrected chi connectivity index (χ3v) is 3.64. The van der Waals surface area contributed by atoms with Crippen molar-refractivity contribution < 1.29 is 8.42 Å². The van der Waals surface area contributed by atoms with Gasteiger partial charge in [0.1, 0.15) is 4.90 Å². The summed E-state index contributed by atoms with van der Waals surface area (Å²) in [6, 6.07) is 4.89. The van der Waals surface area contributed by atoms with Crippen LogP contribution in [-0.2, 0) is 10.0 Å². The summed E-state index contributed by atoms with van der Waals surface area (Å²) in [5.74, 6) is 0. The highest BCUT2D eigenvalue weighted by molar-refractivity contribution is 7.89. The van der Waals surface area contributed by atoms with Crippen molar-refractivity contribution in [2.24, 2.45) is 5.14 Å². The number of primary sulfonamides is 1.